The number of amides is 2. The van der Waals surface area contributed by atoms with E-state index in [-0.39, 0.29) is 29.1 Å². The number of nitrogens with one attached hydrogen (secondary N) is 3. The number of nitro benzene ring substituents is 1. The molecule has 0 spiro atoms. The van der Waals surface area contributed by atoms with E-state index < -0.39 is 37.5 Å². The Morgan fingerprint density at radius 1 is 1.02 bits per heavy atom. The molecule has 0 saturated carbocycles. The lowest BCUT2D eigenvalue weighted by molar-refractivity contribution is -0.384. The van der Waals surface area contributed by atoms with Gasteiger partial charge in [-0.25, -0.2) is 22.8 Å². The van der Waals surface area contributed by atoms with Crippen molar-refractivity contribution in [2.45, 2.75) is 51.0 Å². The third-order valence-electron chi connectivity index (χ3n) is 12.9. The average Bonchev–Trinajstić information content (AvgIpc) is 3.94. The van der Waals surface area contributed by atoms with Crippen LogP contribution in [0.3, 0.4) is 0 Å². The summed E-state index contributed by atoms with van der Waals surface area (Å²) in [5, 5.41) is 21.4. The first-order valence-corrected chi connectivity index (χ1v) is 23.8. The Morgan fingerprint density at radius 2 is 1.80 bits per heavy atom. The van der Waals surface area contributed by atoms with E-state index in [0.29, 0.717) is 55.2 Å². The Bertz CT molecular complexity index is 3000. The molecule has 6 aromatic rings. The number of hydrogen-bond acceptors (Lipinski definition) is 12. The van der Waals surface area contributed by atoms with Crippen LogP contribution >= 0.6 is 11.6 Å². The second-order valence-corrected chi connectivity index (χ2v) is 20.1. The molecule has 1 atom stereocenters. The van der Waals surface area contributed by atoms with Gasteiger partial charge >= 0.3 is 0 Å². The monoisotopic (exact) mass is 934 g/mol. The molecule has 2 fully saturated rings. The van der Waals surface area contributed by atoms with Crippen LogP contribution in [0.5, 0.6) is 0 Å². The highest BCUT2D eigenvalue weighted by molar-refractivity contribution is 7.90. The van der Waals surface area contributed by atoms with Crippen molar-refractivity contribution in [3.63, 3.8) is 0 Å². The van der Waals surface area contributed by atoms with Crippen molar-refractivity contribution < 1.29 is 27.7 Å². The molecule has 0 radical (unpaired) electrons. The van der Waals surface area contributed by atoms with Gasteiger partial charge in [-0.2, -0.15) is 5.10 Å². The standard InChI is InChI=1S/C47H51ClN10O7S/c1-30(59)56-20-21-65-36(29-56)26-50-40-11-9-37(24-44(40)58(61)62)66(63,64)53-46(60)38-10-8-35(23-42(38)57-43-22-32-13-15-49-45(32)52-41(43)27-51-57)55-18-16-54(17-19-55)28-33-12-14-47(2,3)25-39(33)31-4-6-34(48)7-5-31/h4-11,13,15,22-24,27,36,50H,12,14,16-21,25-26,28-29H2,1-3H3,(H,49,52)(H,53,60)/t36-/m0/s1. The number of aromatic nitrogens is 4. The van der Waals surface area contributed by atoms with E-state index in [0.717, 1.165) is 61.1 Å². The van der Waals surface area contributed by atoms with Crippen LogP contribution in [-0.2, 0) is 19.6 Å². The lowest BCUT2D eigenvalue weighted by Crippen LogP contribution is -2.47. The maximum Gasteiger partial charge on any atom is 0.293 e. The molecule has 3 aromatic carbocycles. The van der Waals surface area contributed by atoms with E-state index >= 15 is 0 Å². The fourth-order valence-corrected chi connectivity index (χ4v) is 10.3. The number of ether oxygens (including phenoxy) is 1. The molecular weight excluding hydrogens is 884 g/mol. The lowest BCUT2D eigenvalue weighted by atomic mass is 9.72. The number of anilines is 2. The number of fused-ring (bicyclic) bond motifs is 2. The molecule has 1 aliphatic carbocycles. The molecule has 3 N–H and O–H groups in total. The predicted octanol–water partition coefficient (Wildman–Crippen LogP) is 7.03. The predicted molar refractivity (Wildman–Crippen MR) is 254 cm³/mol. The quantitative estimate of drug-likeness (QED) is 0.0838. The number of piperazine rings is 1. The Kier molecular flexibility index (Phi) is 12.3. The minimum atomic E-state index is -4.63. The molecule has 2 saturated heterocycles. The second kappa shape index (κ2) is 18.1. The number of aromatic amines is 1. The summed E-state index contributed by atoms with van der Waals surface area (Å²) in [6.45, 7) is 11.3. The Morgan fingerprint density at radius 3 is 2.56 bits per heavy atom. The van der Waals surface area contributed by atoms with Gasteiger partial charge in [0.15, 0.2) is 0 Å². The average molecular weight is 936 g/mol. The number of rotatable bonds is 12. The SMILES string of the molecule is CC(=O)N1CCO[C@@H](CNc2ccc(S(=O)(=O)NC(=O)c3ccc(N4CCN(CC5=C(c6ccc(Cl)cc6)CC(C)(C)CC5)CC4)cc3-n3ncc4nc5[nH]ccc5cc43)cc2[N+](=O)[O-])C1. The van der Waals surface area contributed by atoms with Gasteiger partial charge in [-0.05, 0) is 90.4 Å². The summed E-state index contributed by atoms with van der Waals surface area (Å²) in [5.41, 5.74) is 6.86. The number of pyridine rings is 1. The van der Waals surface area contributed by atoms with E-state index in [1.807, 2.05) is 30.3 Å². The zero-order valence-corrected chi connectivity index (χ0v) is 38.5. The van der Waals surface area contributed by atoms with Gasteiger partial charge in [-0.1, -0.05) is 43.2 Å². The van der Waals surface area contributed by atoms with E-state index in [1.165, 1.54) is 35.8 Å². The number of benzene rings is 3. The number of H-pyrrole nitrogens is 1. The number of nitro groups is 1. The largest absolute Gasteiger partial charge is 0.377 e. The molecule has 66 heavy (non-hydrogen) atoms. The number of carbonyl (C=O) groups excluding carboxylic acids is 2. The third-order valence-corrected chi connectivity index (χ3v) is 14.4. The van der Waals surface area contributed by atoms with Crippen molar-refractivity contribution in [2.75, 3.05) is 69.2 Å². The first-order chi connectivity index (χ1) is 31.6. The summed E-state index contributed by atoms with van der Waals surface area (Å²) in [6, 6.07) is 20.5. The second-order valence-electron chi connectivity index (χ2n) is 18.0. The highest BCUT2D eigenvalue weighted by atomic mass is 35.5. The van der Waals surface area contributed by atoms with Crippen LogP contribution in [0.2, 0.25) is 5.02 Å². The lowest BCUT2D eigenvalue weighted by Gasteiger charge is -2.39. The van der Waals surface area contributed by atoms with Crippen LogP contribution in [0.15, 0.2) is 95.7 Å². The van der Waals surface area contributed by atoms with Crippen LogP contribution in [-0.4, -0.2) is 120 Å². The number of allylic oxidation sites excluding steroid dienone is 1. The summed E-state index contributed by atoms with van der Waals surface area (Å²) in [5.74, 6) is -1.05. The van der Waals surface area contributed by atoms with Crippen molar-refractivity contribution in [2.24, 2.45) is 5.41 Å². The molecule has 3 aromatic heterocycles. The smallest absolute Gasteiger partial charge is 0.293 e. The number of carbonyl (C=O) groups is 2. The topological polar surface area (TPSA) is 201 Å². The number of hydrogen-bond donors (Lipinski definition) is 3. The Balaban J connectivity index is 0.964. The van der Waals surface area contributed by atoms with E-state index in [2.05, 4.69) is 55.9 Å². The first-order valence-electron chi connectivity index (χ1n) is 22.0. The molecule has 0 unspecified atom stereocenters. The van der Waals surface area contributed by atoms with Gasteiger partial charge in [0.05, 0.1) is 45.5 Å². The van der Waals surface area contributed by atoms with Gasteiger partial charge in [-0.3, -0.25) is 24.6 Å². The van der Waals surface area contributed by atoms with Crippen LogP contribution in [0.1, 0.15) is 56.0 Å². The normalized spacial score (nSPS) is 18.2. The molecule has 19 heteroatoms. The van der Waals surface area contributed by atoms with Gasteiger partial charge < -0.3 is 24.8 Å². The van der Waals surface area contributed by atoms with Crippen LogP contribution in [0.4, 0.5) is 17.1 Å². The zero-order valence-electron chi connectivity index (χ0n) is 36.9. The van der Waals surface area contributed by atoms with Crippen molar-refractivity contribution in [1.82, 2.24) is 34.3 Å². The van der Waals surface area contributed by atoms with Crippen molar-refractivity contribution >= 4 is 78.1 Å². The van der Waals surface area contributed by atoms with Gasteiger partial charge in [0.2, 0.25) is 5.91 Å². The maximum absolute atomic E-state index is 14.2. The number of nitrogens with zero attached hydrogens (tertiary/aromatic N) is 7. The van der Waals surface area contributed by atoms with Crippen molar-refractivity contribution in [3.8, 4) is 5.69 Å². The van der Waals surface area contributed by atoms with Gasteiger partial charge in [0.25, 0.3) is 21.6 Å². The first kappa shape index (κ1) is 44.8. The van der Waals surface area contributed by atoms with Crippen LogP contribution < -0.4 is 14.9 Å². The molecule has 0 bridgehead atoms. The Labute approximate surface area is 386 Å². The number of halogens is 1. The molecule has 5 heterocycles. The summed E-state index contributed by atoms with van der Waals surface area (Å²) >= 11 is 6.26. The fourth-order valence-electron chi connectivity index (χ4n) is 9.17. The summed E-state index contributed by atoms with van der Waals surface area (Å²) in [7, 11) is -4.63. The third kappa shape index (κ3) is 9.49. The molecular formula is C47H51ClN10O7S. The molecule has 9 rings (SSSR count). The van der Waals surface area contributed by atoms with Gasteiger partial charge in [0.1, 0.15) is 16.9 Å². The summed E-state index contributed by atoms with van der Waals surface area (Å²) in [6.07, 6.45) is 6.11. The molecule has 2 amide bonds. The zero-order chi connectivity index (χ0) is 46.3. The van der Waals surface area contributed by atoms with Crippen molar-refractivity contribution in [3.05, 3.63) is 117 Å². The minimum Gasteiger partial charge on any atom is -0.377 e. The Hall–Kier alpha value is -6.34. The van der Waals surface area contributed by atoms with E-state index in [4.69, 9.17) is 21.3 Å². The maximum atomic E-state index is 14.2. The van der Waals surface area contributed by atoms with Gasteiger partial charge in [0, 0.05) is 87.6 Å². The highest BCUT2D eigenvalue weighted by Gasteiger charge is 2.31. The minimum absolute atomic E-state index is 0.0156. The van der Waals surface area contributed by atoms with Gasteiger partial charge in [-0.15, -0.1) is 0 Å². The highest BCUT2D eigenvalue weighted by Crippen LogP contribution is 2.43. The van der Waals surface area contributed by atoms with Crippen molar-refractivity contribution in [1.29, 1.82) is 0 Å². The number of sulfonamides is 1. The molecule has 17 nitrogen and oxygen atoms in total. The molecule has 344 valence electrons. The fraction of sp³-hybridized carbons (Fsp3) is 0.362. The number of morpholine rings is 1. The van der Waals surface area contributed by atoms with Crippen LogP contribution in [0.25, 0.3) is 33.3 Å². The molecule has 3 aliphatic rings. The summed E-state index contributed by atoms with van der Waals surface area (Å²) < 4.78 is 37.2. The van der Waals surface area contributed by atoms with Crippen LogP contribution in [0, 0.1) is 15.5 Å². The van der Waals surface area contributed by atoms with E-state index in [9.17, 15) is 28.1 Å². The van der Waals surface area contributed by atoms with E-state index in [1.54, 1.807) is 34.1 Å². The molecule has 2 aliphatic heterocycles. The summed E-state index contributed by atoms with van der Waals surface area (Å²) in [4.78, 5) is 51.3.